The predicted molar refractivity (Wildman–Crippen MR) is 36.6 cm³/mol. The number of nitrogens with one attached hydrogen (secondary N) is 1. The predicted octanol–water partition coefficient (Wildman–Crippen LogP) is -0.918. The molecule has 0 bridgehead atoms. The van der Waals surface area contributed by atoms with Crippen molar-refractivity contribution >= 4 is 11.9 Å². The van der Waals surface area contributed by atoms with E-state index in [1.807, 2.05) is 5.32 Å². The van der Waals surface area contributed by atoms with Crippen LogP contribution in [0.15, 0.2) is 12.3 Å². The third-order valence-electron chi connectivity index (χ3n) is 0.912. The van der Waals surface area contributed by atoms with Crippen molar-refractivity contribution in [1.29, 1.82) is 0 Å². The number of aliphatic hydroxyl groups excluding tert-OH is 1. The van der Waals surface area contributed by atoms with E-state index >= 15 is 0 Å². The van der Waals surface area contributed by atoms with Crippen LogP contribution in [-0.4, -0.2) is 28.2 Å². The minimum absolute atomic E-state index is 0.448. The zero-order valence-corrected chi connectivity index (χ0v) is 6.00. The zero-order chi connectivity index (χ0) is 9.02. The first-order chi connectivity index (χ1) is 4.95. The maximum Gasteiger partial charge on any atom is 0.351 e. The molecule has 0 saturated heterocycles. The molecule has 0 aromatic rings. The van der Waals surface area contributed by atoms with E-state index in [4.69, 9.17) is 10.2 Å². The Labute approximate surface area is 63.3 Å². The van der Waals surface area contributed by atoms with E-state index in [9.17, 15) is 9.59 Å². The fourth-order valence-corrected chi connectivity index (χ4v) is 0.307. The first-order valence-corrected chi connectivity index (χ1v) is 2.86. The summed E-state index contributed by atoms with van der Waals surface area (Å²) in [5.41, 5.74) is -0.448. The molecule has 1 amide bonds. The van der Waals surface area contributed by atoms with Crippen LogP contribution in [0.5, 0.6) is 0 Å². The third kappa shape index (κ3) is 3.36. The van der Waals surface area contributed by atoms with Gasteiger partial charge in [-0.3, -0.25) is 4.79 Å². The van der Waals surface area contributed by atoms with Gasteiger partial charge in [0, 0.05) is 0 Å². The van der Waals surface area contributed by atoms with Gasteiger partial charge in [0.05, 0.1) is 0 Å². The average Bonchev–Trinajstić information content (AvgIpc) is 1.87. The Morgan fingerprint density at radius 1 is 1.55 bits per heavy atom. The molecule has 0 spiro atoms. The number of aliphatic carboxylic acids is 1. The molecule has 0 fully saturated rings. The Hall–Kier alpha value is -1.36. The van der Waals surface area contributed by atoms with E-state index in [1.54, 1.807) is 0 Å². The molecular weight excluding hydrogens is 150 g/mol. The summed E-state index contributed by atoms with van der Waals surface area (Å²) in [4.78, 5) is 20.6. The number of aliphatic hydroxyl groups is 1. The van der Waals surface area contributed by atoms with Crippen LogP contribution in [0.3, 0.4) is 0 Å². The van der Waals surface area contributed by atoms with Gasteiger partial charge in [-0.1, -0.05) is 6.58 Å². The molecule has 11 heavy (non-hydrogen) atoms. The Bertz CT molecular complexity index is 197. The summed E-state index contributed by atoms with van der Waals surface area (Å²) < 4.78 is 0. The topological polar surface area (TPSA) is 86.6 Å². The first-order valence-electron chi connectivity index (χ1n) is 2.86. The van der Waals surface area contributed by atoms with Crippen LogP contribution < -0.4 is 5.32 Å². The second kappa shape index (κ2) is 3.72. The van der Waals surface area contributed by atoms with Gasteiger partial charge in [-0.15, -0.1) is 0 Å². The molecule has 0 aliphatic heterocycles. The van der Waals surface area contributed by atoms with Gasteiger partial charge >= 0.3 is 5.97 Å². The number of amides is 1. The van der Waals surface area contributed by atoms with Gasteiger partial charge in [-0.2, -0.15) is 0 Å². The van der Waals surface area contributed by atoms with Crippen molar-refractivity contribution in [2.75, 3.05) is 0 Å². The molecule has 1 atom stereocenters. The van der Waals surface area contributed by atoms with Crippen molar-refractivity contribution in [3.8, 4) is 0 Å². The van der Waals surface area contributed by atoms with Crippen molar-refractivity contribution in [2.45, 2.75) is 13.0 Å². The SMILES string of the molecule is C=C(NC(=O)C(C)O)C(=O)O. The molecule has 5 nitrogen and oxygen atoms in total. The van der Waals surface area contributed by atoms with E-state index in [0.29, 0.717) is 0 Å². The lowest BCUT2D eigenvalue weighted by Crippen LogP contribution is -2.33. The summed E-state index contributed by atoms with van der Waals surface area (Å²) in [6, 6.07) is 0. The Morgan fingerprint density at radius 2 is 2.00 bits per heavy atom. The fourth-order valence-electron chi connectivity index (χ4n) is 0.307. The molecule has 5 heteroatoms. The molecule has 1 unspecified atom stereocenters. The standard InChI is InChI=1S/C6H9NO4/c1-3(6(10)11)7-5(9)4(2)8/h4,8H,1H2,2H3,(H,7,9)(H,10,11). The number of hydrogen-bond donors (Lipinski definition) is 3. The van der Waals surface area contributed by atoms with Crippen LogP contribution in [0.25, 0.3) is 0 Å². The Kier molecular flexibility index (Phi) is 3.26. The number of hydrogen-bond acceptors (Lipinski definition) is 3. The second-order valence-electron chi connectivity index (χ2n) is 1.95. The lowest BCUT2D eigenvalue weighted by molar-refractivity contribution is -0.136. The molecule has 62 valence electrons. The molecular formula is C6H9NO4. The molecule has 0 aromatic carbocycles. The molecule has 0 saturated carbocycles. The van der Waals surface area contributed by atoms with Crippen molar-refractivity contribution < 1.29 is 19.8 Å². The molecule has 0 aromatic heterocycles. The van der Waals surface area contributed by atoms with Gasteiger partial charge in [0.25, 0.3) is 5.91 Å². The molecule has 0 radical (unpaired) electrons. The largest absolute Gasteiger partial charge is 0.477 e. The summed E-state index contributed by atoms with van der Waals surface area (Å²) in [5, 5.41) is 18.7. The van der Waals surface area contributed by atoms with Gasteiger partial charge in [0.2, 0.25) is 0 Å². The third-order valence-corrected chi connectivity index (χ3v) is 0.912. The highest BCUT2D eigenvalue weighted by atomic mass is 16.4. The molecule has 0 aliphatic carbocycles. The number of carboxylic acids is 1. The number of carbonyl (C=O) groups is 2. The van der Waals surface area contributed by atoms with Crippen molar-refractivity contribution in [3.63, 3.8) is 0 Å². The lowest BCUT2D eigenvalue weighted by atomic mass is 10.3. The molecule has 3 N–H and O–H groups in total. The molecule has 0 aliphatic rings. The van der Waals surface area contributed by atoms with E-state index in [0.717, 1.165) is 0 Å². The fraction of sp³-hybridized carbons (Fsp3) is 0.333. The van der Waals surface area contributed by atoms with Gasteiger partial charge in [0.1, 0.15) is 11.8 Å². The van der Waals surface area contributed by atoms with Gasteiger partial charge < -0.3 is 15.5 Å². The molecule has 0 heterocycles. The summed E-state index contributed by atoms with van der Waals surface area (Å²) in [5.74, 6) is -2.10. The highest BCUT2D eigenvalue weighted by Crippen LogP contribution is 1.86. The maximum atomic E-state index is 10.6. The number of carboxylic acid groups (broad SMARTS) is 1. The van der Waals surface area contributed by atoms with Crippen LogP contribution in [0.4, 0.5) is 0 Å². The number of carbonyl (C=O) groups excluding carboxylic acids is 1. The highest BCUT2D eigenvalue weighted by molar-refractivity contribution is 5.93. The van der Waals surface area contributed by atoms with Crippen LogP contribution in [0, 0.1) is 0 Å². The zero-order valence-electron chi connectivity index (χ0n) is 6.00. The van der Waals surface area contributed by atoms with E-state index in [2.05, 4.69) is 6.58 Å². The minimum atomic E-state index is -1.32. The highest BCUT2D eigenvalue weighted by Gasteiger charge is 2.12. The lowest BCUT2D eigenvalue weighted by Gasteiger charge is -2.04. The van der Waals surface area contributed by atoms with Crippen LogP contribution in [0.1, 0.15) is 6.92 Å². The van der Waals surface area contributed by atoms with Crippen LogP contribution in [0.2, 0.25) is 0 Å². The Morgan fingerprint density at radius 3 is 2.27 bits per heavy atom. The quantitative estimate of drug-likeness (QED) is 0.465. The van der Waals surface area contributed by atoms with Gasteiger partial charge in [-0.25, -0.2) is 4.79 Å². The first kappa shape index (κ1) is 9.64. The summed E-state index contributed by atoms with van der Waals surface area (Å²) in [6.45, 7) is 4.26. The van der Waals surface area contributed by atoms with Crippen molar-refractivity contribution in [3.05, 3.63) is 12.3 Å². The van der Waals surface area contributed by atoms with Crippen molar-refractivity contribution in [2.24, 2.45) is 0 Å². The van der Waals surface area contributed by atoms with Crippen LogP contribution in [-0.2, 0) is 9.59 Å². The summed E-state index contributed by atoms with van der Waals surface area (Å²) in [6.07, 6.45) is -1.23. The normalized spacial score (nSPS) is 11.8. The molecule has 0 rings (SSSR count). The van der Waals surface area contributed by atoms with Crippen LogP contribution >= 0.6 is 0 Å². The maximum absolute atomic E-state index is 10.6. The van der Waals surface area contributed by atoms with Gasteiger partial charge in [-0.05, 0) is 6.92 Å². The smallest absolute Gasteiger partial charge is 0.351 e. The summed E-state index contributed by atoms with van der Waals surface area (Å²) in [7, 11) is 0. The minimum Gasteiger partial charge on any atom is -0.477 e. The van der Waals surface area contributed by atoms with E-state index in [1.165, 1.54) is 6.92 Å². The van der Waals surface area contributed by atoms with Gasteiger partial charge in [0.15, 0.2) is 0 Å². The Balaban J connectivity index is 3.96. The number of rotatable bonds is 3. The average molecular weight is 159 g/mol. The summed E-state index contributed by atoms with van der Waals surface area (Å²) >= 11 is 0. The van der Waals surface area contributed by atoms with E-state index < -0.39 is 23.7 Å². The van der Waals surface area contributed by atoms with Crippen molar-refractivity contribution in [1.82, 2.24) is 5.32 Å². The van der Waals surface area contributed by atoms with E-state index in [-0.39, 0.29) is 0 Å². The monoisotopic (exact) mass is 159 g/mol. The second-order valence-corrected chi connectivity index (χ2v) is 1.95.